The lowest BCUT2D eigenvalue weighted by Crippen LogP contribution is -2.34. The van der Waals surface area contributed by atoms with Gasteiger partial charge in [0.2, 0.25) is 10.0 Å². The van der Waals surface area contributed by atoms with E-state index in [0.29, 0.717) is 23.8 Å². The molecule has 0 aromatic heterocycles. The fourth-order valence-electron chi connectivity index (χ4n) is 2.52. The van der Waals surface area contributed by atoms with E-state index in [1.165, 1.54) is 4.31 Å². The van der Waals surface area contributed by atoms with Crippen LogP contribution in [0, 0.1) is 5.92 Å². The number of sulfonamides is 1. The SMILES string of the molecule is CC1Cc2cc(S(=O)(=O)N(C)CCC(N)C(C)C)ccc2O1.Cl. The Balaban J connectivity index is 0.00000264. The van der Waals surface area contributed by atoms with Crippen molar-refractivity contribution in [3.05, 3.63) is 23.8 Å². The van der Waals surface area contributed by atoms with Crippen LogP contribution in [0.3, 0.4) is 0 Å². The van der Waals surface area contributed by atoms with Gasteiger partial charge in [0.1, 0.15) is 11.9 Å². The Hall–Kier alpha value is -0.820. The van der Waals surface area contributed by atoms with E-state index < -0.39 is 10.0 Å². The molecule has 132 valence electrons. The summed E-state index contributed by atoms with van der Waals surface area (Å²) >= 11 is 0. The standard InChI is InChI=1S/C16H26N2O3S.ClH/c1-11(2)15(17)7-8-18(4)22(19,20)14-5-6-16-13(10-14)9-12(3)21-16;/h5-6,10-12,15H,7-9,17H2,1-4H3;1H. The maximum atomic E-state index is 12.6. The van der Waals surface area contributed by atoms with Gasteiger partial charge in [0.25, 0.3) is 0 Å². The molecule has 0 saturated carbocycles. The average molecular weight is 363 g/mol. The van der Waals surface area contributed by atoms with E-state index in [4.69, 9.17) is 10.5 Å². The van der Waals surface area contributed by atoms with Gasteiger partial charge in [-0.2, -0.15) is 0 Å². The van der Waals surface area contributed by atoms with Crippen LogP contribution in [0.2, 0.25) is 0 Å². The number of rotatable bonds is 6. The van der Waals surface area contributed by atoms with Gasteiger partial charge in [0, 0.05) is 26.1 Å². The van der Waals surface area contributed by atoms with E-state index in [1.54, 1.807) is 25.2 Å². The average Bonchev–Trinajstić information content (AvgIpc) is 2.82. The maximum Gasteiger partial charge on any atom is 0.242 e. The van der Waals surface area contributed by atoms with Crippen LogP contribution in [0.1, 0.15) is 32.8 Å². The quantitative estimate of drug-likeness (QED) is 0.843. The smallest absolute Gasteiger partial charge is 0.242 e. The van der Waals surface area contributed by atoms with Gasteiger partial charge in [-0.1, -0.05) is 13.8 Å². The molecule has 7 heteroatoms. The van der Waals surface area contributed by atoms with Crippen molar-refractivity contribution in [2.75, 3.05) is 13.6 Å². The second-order valence-electron chi connectivity index (χ2n) is 6.43. The molecule has 23 heavy (non-hydrogen) atoms. The van der Waals surface area contributed by atoms with E-state index in [2.05, 4.69) is 0 Å². The second-order valence-corrected chi connectivity index (χ2v) is 8.47. The van der Waals surface area contributed by atoms with Crippen molar-refractivity contribution in [3.63, 3.8) is 0 Å². The van der Waals surface area contributed by atoms with E-state index in [0.717, 1.165) is 17.7 Å². The lowest BCUT2D eigenvalue weighted by atomic mass is 10.0. The Kier molecular flexibility index (Phi) is 6.89. The van der Waals surface area contributed by atoms with Crippen molar-refractivity contribution in [2.24, 2.45) is 11.7 Å². The molecule has 1 aliphatic heterocycles. The van der Waals surface area contributed by atoms with Gasteiger partial charge in [0.05, 0.1) is 4.90 Å². The summed E-state index contributed by atoms with van der Waals surface area (Å²) in [7, 11) is -1.87. The molecule has 2 atom stereocenters. The molecule has 2 unspecified atom stereocenters. The highest BCUT2D eigenvalue weighted by atomic mass is 35.5. The Morgan fingerprint density at radius 2 is 2.04 bits per heavy atom. The number of benzene rings is 1. The number of fused-ring (bicyclic) bond motifs is 1. The molecule has 0 fully saturated rings. The van der Waals surface area contributed by atoms with E-state index >= 15 is 0 Å². The molecule has 5 nitrogen and oxygen atoms in total. The van der Waals surface area contributed by atoms with Gasteiger partial charge >= 0.3 is 0 Å². The van der Waals surface area contributed by atoms with Crippen LogP contribution in [0.25, 0.3) is 0 Å². The number of halogens is 1. The Labute approximate surface area is 145 Å². The Morgan fingerprint density at radius 1 is 1.39 bits per heavy atom. The predicted molar refractivity (Wildman–Crippen MR) is 94.7 cm³/mol. The van der Waals surface area contributed by atoms with Gasteiger partial charge in [-0.05, 0) is 43.0 Å². The normalized spacial score (nSPS) is 18.5. The highest BCUT2D eigenvalue weighted by Gasteiger charge is 2.25. The van der Waals surface area contributed by atoms with Gasteiger partial charge in [0.15, 0.2) is 0 Å². The Morgan fingerprint density at radius 3 is 2.65 bits per heavy atom. The third-order valence-electron chi connectivity index (χ3n) is 4.21. The van der Waals surface area contributed by atoms with Crippen LogP contribution in [-0.4, -0.2) is 38.5 Å². The molecule has 0 radical (unpaired) electrons. The molecule has 0 saturated heterocycles. The predicted octanol–water partition coefficient (Wildman–Crippen LogP) is 2.43. The number of hydrogen-bond acceptors (Lipinski definition) is 4. The van der Waals surface area contributed by atoms with Crippen molar-refractivity contribution < 1.29 is 13.2 Å². The first kappa shape index (κ1) is 20.2. The topological polar surface area (TPSA) is 72.6 Å². The largest absolute Gasteiger partial charge is 0.490 e. The number of nitrogens with two attached hydrogens (primary N) is 1. The van der Waals surface area contributed by atoms with Crippen molar-refractivity contribution in [2.45, 2.75) is 50.7 Å². The number of hydrogen-bond donors (Lipinski definition) is 1. The molecule has 1 aliphatic rings. The van der Waals surface area contributed by atoms with Crippen LogP contribution in [0.15, 0.2) is 23.1 Å². The van der Waals surface area contributed by atoms with E-state index in [-0.39, 0.29) is 24.6 Å². The van der Waals surface area contributed by atoms with E-state index in [1.807, 2.05) is 20.8 Å². The zero-order valence-corrected chi connectivity index (χ0v) is 15.8. The highest BCUT2D eigenvalue weighted by molar-refractivity contribution is 7.89. The van der Waals surface area contributed by atoms with Crippen molar-refractivity contribution >= 4 is 22.4 Å². The second kappa shape index (κ2) is 7.83. The lowest BCUT2D eigenvalue weighted by Gasteiger charge is -2.21. The Bertz CT molecular complexity index is 634. The van der Waals surface area contributed by atoms with Crippen LogP contribution < -0.4 is 10.5 Å². The van der Waals surface area contributed by atoms with Crippen molar-refractivity contribution in [1.82, 2.24) is 4.31 Å². The molecule has 1 aromatic rings. The molecule has 0 bridgehead atoms. The minimum atomic E-state index is -3.48. The summed E-state index contributed by atoms with van der Waals surface area (Å²) < 4.78 is 32.3. The van der Waals surface area contributed by atoms with Gasteiger partial charge in [-0.3, -0.25) is 0 Å². The maximum absolute atomic E-state index is 12.6. The van der Waals surface area contributed by atoms with E-state index in [9.17, 15) is 8.42 Å². The molecular formula is C16H27ClN2O3S. The lowest BCUT2D eigenvalue weighted by molar-refractivity contribution is 0.254. The van der Waals surface area contributed by atoms with Gasteiger partial charge in [-0.25, -0.2) is 12.7 Å². The highest BCUT2D eigenvalue weighted by Crippen LogP contribution is 2.31. The summed E-state index contributed by atoms with van der Waals surface area (Å²) in [4.78, 5) is 0.324. The van der Waals surface area contributed by atoms with Gasteiger partial charge in [-0.15, -0.1) is 12.4 Å². The van der Waals surface area contributed by atoms with Gasteiger partial charge < -0.3 is 10.5 Å². The summed E-state index contributed by atoms with van der Waals surface area (Å²) in [5, 5.41) is 0. The molecule has 1 heterocycles. The first-order valence-corrected chi connectivity index (χ1v) is 9.17. The summed E-state index contributed by atoms with van der Waals surface area (Å²) in [6.45, 7) is 6.49. The first-order chi connectivity index (χ1) is 10.2. The molecule has 2 N–H and O–H groups in total. The molecule has 2 rings (SSSR count). The fourth-order valence-corrected chi connectivity index (χ4v) is 3.76. The third-order valence-corrected chi connectivity index (χ3v) is 6.06. The van der Waals surface area contributed by atoms with Crippen molar-refractivity contribution in [1.29, 1.82) is 0 Å². The minimum Gasteiger partial charge on any atom is -0.490 e. The molecular weight excluding hydrogens is 336 g/mol. The monoisotopic (exact) mass is 362 g/mol. The van der Waals surface area contributed by atoms with Crippen LogP contribution in [-0.2, 0) is 16.4 Å². The summed E-state index contributed by atoms with van der Waals surface area (Å²) in [6.07, 6.45) is 1.51. The molecule has 0 amide bonds. The first-order valence-electron chi connectivity index (χ1n) is 7.73. The fraction of sp³-hybridized carbons (Fsp3) is 0.625. The van der Waals surface area contributed by atoms with Crippen molar-refractivity contribution in [3.8, 4) is 5.75 Å². The zero-order valence-electron chi connectivity index (χ0n) is 14.2. The number of nitrogens with zero attached hydrogens (tertiary/aromatic N) is 1. The number of ether oxygens (including phenoxy) is 1. The zero-order chi connectivity index (χ0) is 16.5. The summed E-state index contributed by atoms with van der Waals surface area (Å²) in [5.41, 5.74) is 6.96. The minimum absolute atomic E-state index is 0. The van der Waals surface area contributed by atoms with Crippen LogP contribution >= 0.6 is 12.4 Å². The summed E-state index contributed by atoms with van der Waals surface area (Å²) in [5.74, 6) is 1.13. The molecule has 0 spiro atoms. The molecule has 0 aliphatic carbocycles. The van der Waals surface area contributed by atoms with Crippen LogP contribution in [0.4, 0.5) is 0 Å². The van der Waals surface area contributed by atoms with Crippen LogP contribution in [0.5, 0.6) is 5.75 Å². The summed E-state index contributed by atoms with van der Waals surface area (Å²) in [6, 6.07) is 5.10. The third kappa shape index (κ3) is 4.59. The molecule has 1 aromatic carbocycles.